The topological polar surface area (TPSA) is 79.5 Å². The number of fused-ring (bicyclic) bond motifs is 1. The van der Waals surface area contributed by atoms with Crippen molar-refractivity contribution < 1.29 is 26.1 Å². The monoisotopic (exact) mass is 416 g/mol. The highest BCUT2D eigenvalue weighted by Gasteiger charge is 2.46. The van der Waals surface area contributed by atoms with E-state index in [1.54, 1.807) is 13.8 Å². The number of hydrogen-bond donors (Lipinski definition) is 0. The average molecular weight is 416 g/mol. The van der Waals surface area contributed by atoms with Crippen molar-refractivity contribution in [1.29, 1.82) is 0 Å². The van der Waals surface area contributed by atoms with Gasteiger partial charge in [0.15, 0.2) is 5.76 Å². The van der Waals surface area contributed by atoms with Crippen molar-refractivity contribution in [3.8, 4) is 0 Å². The van der Waals surface area contributed by atoms with Crippen LogP contribution in [0, 0.1) is 25.7 Å². The minimum absolute atomic E-state index is 0.0966. The summed E-state index contributed by atoms with van der Waals surface area (Å²) in [5.41, 5.74) is -0.447. The van der Waals surface area contributed by atoms with Crippen LogP contribution in [0.15, 0.2) is 27.7 Å². The summed E-state index contributed by atoms with van der Waals surface area (Å²) in [6, 6.07) is 2.38. The molecule has 11 heteroatoms. The predicted octanol–water partition coefficient (Wildman–Crippen LogP) is 2.46. The molecule has 0 amide bonds. The minimum Gasteiger partial charge on any atom is -0.360 e. The quantitative estimate of drug-likeness (QED) is 0.765. The molecule has 0 N–H and O–H groups in total. The van der Waals surface area contributed by atoms with Gasteiger partial charge >= 0.3 is 6.18 Å². The number of rotatable bonds is 3. The Hall–Kier alpha value is -2.14. The van der Waals surface area contributed by atoms with Gasteiger partial charge < -0.3 is 9.42 Å². The first-order valence-corrected chi connectivity index (χ1v) is 10.2. The van der Waals surface area contributed by atoms with Gasteiger partial charge in [-0.05, 0) is 37.8 Å². The van der Waals surface area contributed by atoms with E-state index in [1.165, 1.54) is 10.4 Å². The lowest BCUT2D eigenvalue weighted by Crippen LogP contribution is -2.34. The lowest BCUT2D eigenvalue weighted by atomic mass is 10.0. The first-order valence-electron chi connectivity index (χ1n) is 8.78. The molecule has 0 radical (unpaired) electrons. The van der Waals surface area contributed by atoms with E-state index in [0.29, 0.717) is 37.7 Å². The molecule has 2 atom stereocenters. The third kappa shape index (κ3) is 3.16. The van der Waals surface area contributed by atoms with Crippen LogP contribution in [0.2, 0.25) is 0 Å². The van der Waals surface area contributed by atoms with Crippen molar-refractivity contribution in [3.05, 3.63) is 35.3 Å². The smallest absolute Gasteiger partial charge is 0.360 e. The standard InChI is InChI=1S/C17H19F3N4O3S/c1-10-16(11(2)27-22-10)28(25,26)24-8-12-6-23(7-13(12)9-24)15-4-3-14(5-21-15)17(18,19)20/h3-5,12-13H,6-9H2,1-2H3. The second-order valence-electron chi connectivity index (χ2n) is 7.30. The Morgan fingerprint density at radius 3 is 2.21 bits per heavy atom. The molecule has 2 aromatic heterocycles. The first-order chi connectivity index (χ1) is 13.1. The second kappa shape index (κ2) is 6.45. The molecule has 2 aliphatic rings. The van der Waals surface area contributed by atoms with Gasteiger partial charge in [0.05, 0.1) is 5.56 Å². The number of alkyl halides is 3. The van der Waals surface area contributed by atoms with Gasteiger partial charge in [0.2, 0.25) is 10.0 Å². The van der Waals surface area contributed by atoms with Gasteiger partial charge in [-0.1, -0.05) is 5.16 Å². The van der Waals surface area contributed by atoms with E-state index >= 15 is 0 Å². The maximum atomic E-state index is 12.9. The Morgan fingerprint density at radius 1 is 1.11 bits per heavy atom. The second-order valence-corrected chi connectivity index (χ2v) is 9.18. The van der Waals surface area contributed by atoms with Crippen LogP contribution in [0.4, 0.5) is 19.0 Å². The molecular weight excluding hydrogens is 397 g/mol. The van der Waals surface area contributed by atoms with E-state index in [9.17, 15) is 21.6 Å². The summed E-state index contributed by atoms with van der Waals surface area (Å²) in [6.45, 7) is 4.98. The maximum absolute atomic E-state index is 12.9. The van der Waals surface area contributed by atoms with Crippen LogP contribution >= 0.6 is 0 Å². The molecule has 0 aromatic carbocycles. The molecule has 4 rings (SSSR count). The molecule has 0 bridgehead atoms. The molecular formula is C17H19F3N4O3S. The zero-order valence-corrected chi connectivity index (χ0v) is 16.1. The van der Waals surface area contributed by atoms with Crippen molar-refractivity contribution in [2.24, 2.45) is 11.8 Å². The molecule has 152 valence electrons. The fraction of sp³-hybridized carbons (Fsp3) is 0.529. The van der Waals surface area contributed by atoms with E-state index < -0.39 is 21.8 Å². The molecule has 4 heterocycles. The van der Waals surface area contributed by atoms with Gasteiger partial charge in [-0.2, -0.15) is 17.5 Å². The van der Waals surface area contributed by atoms with Crippen molar-refractivity contribution in [3.63, 3.8) is 0 Å². The summed E-state index contributed by atoms with van der Waals surface area (Å²) >= 11 is 0. The van der Waals surface area contributed by atoms with Crippen LogP contribution in [0.1, 0.15) is 17.0 Å². The Morgan fingerprint density at radius 2 is 1.75 bits per heavy atom. The van der Waals surface area contributed by atoms with Crippen LogP contribution in [-0.2, 0) is 16.2 Å². The van der Waals surface area contributed by atoms with Gasteiger partial charge in [0, 0.05) is 32.4 Å². The van der Waals surface area contributed by atoms with Gasteiger partial charge in [0.25, 0.3) is 0 Å². The average Bonchev–Trinajstić information content (AvgIpc) is 3.27. The van der Waals surface area contributed by atoms with E-state index in [0.717, 1.165) is 12.3 Å². The summed E-state index contributed by atoms with van der Waals surface area (Å²) in [7, 11) is -3.68. The zero-order chi connectivity index (χ0) is 20.3. The largest absolute Gasteiger partial charge is 0.417 e. The fourth-order valence-electron chi connectivity index (χ4n) is 4.05. The number of hydrogen-bond acceptors (Lipinski definition) is 6. The third-order valence-corrected chi connectivity index (χ3v) is 7.49. The van der Waals surface area contributed by atoms with E-state index in [2.05, 4.69) is 10.1 Å². The Kier molecular flexibility index (Phi) is 4.42. The number of sulfonamides is 1. The van der Waals surface area contributed by atoms with Crippen molar-refractivity contribution in [1.82, 2.24) is 14.4 Å². The Balaban J connectivity index is 1.46. The van der Waals surface area contributed by atoms with E-state index in [4.69, 9.17) is 4.52 Å². The van der Waals surface area contributed by atoms with E-state index in [-0.39, 0.29) is 22.5 Å². The molecule has 0 saturated carbocycles. The summed E-state index contributed by atoms with van der Waals surface area (Å²) in [5.74, 6) is 0.936. The van der Waals surface area contributed by atoms with Gasteiger partial charge in [-0.25, -0.2) is 13.4 Å². The van der Waals surface area contributed by atoms with Crippen LogP contribution < -0.4 is 4.90 Å². The summed E-state index contributed by atoms with van der Waals surface area (Å²) in [6.07, 6.45) is -3.59. The number of pyridine rings is 1. The first kappa shape index (κ1) is 19.2. The molecule has 0 spiro atoms. The number of aromatic nitrogens is 2. The van der Waals surface area contributed by atoms with Gasteiger partial charge in [0.1, 0.15) is 16.4 Å². The summed E-state index contributed by atoms with van der Waals surface area (Å²) in [4.78, 5) is 5.97. The maximum Gasteiger partial charge on any atom is 0.417 e. The lowest BCUT2D eigenvalue weighted by Gasteiger charge is -2.22. The molecule has 2 saturated heterocycles. The Labute approximate surface area is 160 Å². The van der Waals surface area contributed by atoms with Crippen LogP contribution in [0.3, 0.4) is 0 Å². The highest BCUT2D eigenvalue weighted by Crippen LogP contribution is 2.37. The normalized spacial score (nSPS) is 23.4. The number of nitrogens with zero attached hydrogens (tertiary/aromatic N) is 4. The highest BCUT2D eigenvalue weighted by molar-refractivity contribution is 7.89. The van der Waals surface area contributed by atoms with Crippen molar-refractivity contribution in [2.45, 2.75) is 24.9 Å². The molecule has 2 aliphatic heterocycles. The third-order valence-electron chi connectivity index (χ3n) is 5.42. The number of halogens is 3. The lowest BCUT2D eigenvalue weighted by molar-refractivity contribution is -0.137. The van der Waals surface area contributed by atoms with Gasteiger partial charge in [-0.3, -0.25) is 0 Å². The van der Waals surface area contributed by atoms with Gasteiger partial charge in [-0.15, -0.1) is 0 Å². The molecule has 2 fully saturated rings. The molecule has 2 unspecified atom stereocenters. The van der Waals surface area contributed by atoms with Crippen LogP contribution in [-0.4, -0.2) is 49.0 Å². The fourth-order valence-corrected chi connectivity index (χ4v) is 5.89. The highest BCUT2D eigenvalue weighted by atomic mass is 32.2. The molecule has 0 aliphatic carbocycles. The number of anilines is 1. The van der Waals surface area contributed by atoms with Crippen LogP contribution in [0.25, 0.3) is 0 Å². The molecule has 7 nitrogen and oxygen atoms in total. The molecule has 2 aromatic rings. The van der Waals surface area contributed by atoms with Crippen molar-refractivity contribution >= 4 is 15.8 Å². The Bertz CT molecular complexity index is 955. The predicted molar refractivity (Wildman–Crippen MR) is 93.2 cm³/mol. The summed E-state index contributed by atoms with van der Waals surface area (Å²) in [5, 5.41) is 3.72. The van der Waals surface area contributed by atoms with Crippen molar-refractivity contribution in [2.75, 3.05) is 31.1 Å². The molecule has 28 heavy (non-hydrogen) atoms. The zero-order valence-electron chi connectivity index (χ0n) is 15.3. The van der Waals surface area contributed by atoms with Crippen LogP contribution in [0.5, 0.6) is 0 Å². The minimum atomic E-state index is -4.42. The SMILES string of the molecule is Cc1noc(C)c1S(=O)(=O)N1CC2CN(c3ccc(C(F)(F)F)cn3)CC2C1. The number of aryl methyl sites for hydroxylation is 2. The summed E-state index contributed by atoms with van der Waals surface area (Å²) < 4.78 is 70.4. The van der Waals surface area contributed by atoms with E-state index in [1.807, 2.05) is 4.90 Å².